The minimum Gasteiger partial charge on any atom is -0.496 e. The van der Waals surface area contributed by atoms with Crippen LogP contribution < -0.4 is 4.74 Å². The third kappa shape index (κ3) is 6.44. The number of unbranched alkanes of at least 4 members (excludes halogenated alkanes) is 2. The maximum Gasteiger partial charge on any atom is 0.306 e. The van der Waals surface area contributed by atoms with Crippen LogP contribution in [0.25, 0.3) is 0 Å². The van der Waals surface area contributed by atoms with Crippen molar-refractivity contribution >= 4 is 17.7 Å². The van der Waals surface area contributed by atoms with Crippen molar-refractivity contribution in [3.8, 4) is 17.6 Å². The summed E-state index contributed by atoms with van der Waals surface area (Å²) in [6.07, 6.45) is 3.55. The molecule has 0 aliphatic heterocycles. The Bertz CT molecular complexity index is 517. The Balaban J connectivity index is 2.80. The molecule has 0 fully saturated rings. The number of carbonyl (C=O) groups excluding carboxylic acids is 1. The summed E-state index contributed by atoms with van der Waals surface area (Å²) in [6, 6.07) is 7.91. The SMILES string of the molecule is CCCCC#C[C@H](SCCC(=O)OC)c1ccccc1OC. The second kappa shape index (κ2) is 11.0. The fourth-order valence-electron chi connectivity index (χ4n) is 1.88. The molecule has 22 heavy (non-hydrogen) atoms. The molecule has 0 aliphatic carbocycles. The fraction of sp³-hybridized carbons (Fsp3) is 0.500. The second-order valence-electron chi connectivity index (χ2n) is 4.74. The zero-order chi connectivity index (χ0) is 16.2. The Morgan fingerprint density at radius 2 is 2.09 bits per heavy atom. The van der Waals surface area contributed by atoms with Crippen LogP contribution in [0.1, 0.15) is 43.4 Å². The Hall–Kier alpha value is -1.60. The minimum absolute atomic E-state index is 0.0117. The first-order valence-electron chi connectivity index (χ1n) is 7.52. The topological polar surface area (TPSA) is 35.5 Å². The molecule has 0 radical (unpaired) electrons. The Kier molecular flexibility index (Phi) is 9.25. The highest BCUT2D eigenvalue weighted by molar-refractivity contribution is 7.99. The van der Waals surface area contributed by atoms with Crippen LogP contribution in [0.5, 0.6) is 5.75 Å². The number of ether oxygens (including phenoxy) is 2. The zero-order valence-electron chi connectivity index (χ0n) is 13.6. The number of benzene rings is 1. The molecule has 0 spiro atoms. The van der Waals surface area contributed by atoms with Crippen molar-refractivity contribution in [1.82, 2.24) is 0 Å². The molecule has 3 nitrogen and oxygen atoms in total. The van der Waals surface area contributed by atoms with E-state index >= 15 is 0 Å². The van der Waals surface area contributed by atoms with E-state index in [0.717, 1.165) is 30.6 Å². The molecular weight excluding hydrogens is 296 g/mol. The Morgan fingerprint density at radius 1 is 1.32 bits per heavy atom. The van der Waals surface area contributed by atoms with Crippen molar-refractivity contribution < 1.29 is 14.3 Å². The maximum atomic E-state index is 11.3. The van der Waals surface area contributed by atoms with Gasteiger partial charge in [0.2, 0.25) is 0 Å². The van der Waals surface area contributed by atoms with Crippen LogP contribution in [0.2, 0.25) is 0 Å². The highest BCUT2D eigenvalue weighted by atomic mass is 32.2. The van der Waals surface area contributed by atoms with E-state index < -0.39 is 0 Å². The molecule has 0 bridgehead atoms. The van der Waals surface area contributed by atoms with Gasteiger partial charge in [0, 0.05) is 17.7 Å². The Labute approximate surface area is 137 Å². The number of hydrogen-bond acceptors (Lipinski definition) is 4. The van der Waals surface area contributed by atoms with Gasteiger partial charge in [-0.25, -0.2) is 0 Å². The van der Waals surface area contributed by atoms with Crippen molar-refractivity contribution in [2.24, 2.45) is 0 Å². The maximum absolute atomic E-state index is 11.3. The van der Waals surface area contributed by atoms with Crippen LogP contribution >= 0.6 is 11.8 Å². The van der Waals surface area contributed by atoms with Crippen LogP contribution in [0.15, 0.2) is 24.3 Å². The first-order valence-corrected chi connectivity index (χ1v) is 8.57. The molecule has 1 aromatic rings. The average Bonchev–Trinajstić information content (AvgIpc) is 2.56. The Morgan fingerprint density at radius 3 is 2.77 bits per heavy atom. The van der Waals surface area contributed by atoms with Crippen molar-refractivity contribution in [3.05, 3.63) is 29.8 Å². The summed E-state index contributed by atoms with van der Waals surface area (Å²) in [6.45, 7) is 2.16. The third-order valence-corrected chi connectivity index (χ3v) is 4.27. The highest BCUT2D eigenvalue weighted by Gasteiger charge is 2.14. The van der Waals surface area contributed by atoms with Gasteiger partial charge in [-0.05, 0) is 12.5 Å². The molecular formula is C18H24O3S. The third-order valence-electron chi connectivity index (χ3n) is 3.13. The summed E-state index contributed by atoms with van der Waals surface area (Å²) in [5.74, 6) is 7.89. The molecule has 0 aromatic heterocycles. The number of hydrogen-bond donors (Lipinski definition) is 0. The zero-order valence-corrected chi connectivity index (χ0v) is 14.4. The number of rotatable bonds is 8. The van der Waals surface area contributed by atoms with Gasteiger partial charge < -0.3 is 9.47 Å². The molecule has 120 valence electrons. The monoisotopic (exact) mass is 320 g/mol. The average molecular weight is 320 g/mol. The summed E-state index contributed by atoms with van der Waals surface area (Å²) in [4.78, 5) is 11.3. The molecule has 0 N–H and O–H groups in total. The van der Waals surface area contributed by atoms with Crippen LogP contribution in [0.4, 0.5) is 0 Å². The molecule has 1 rings (SSSR count). The molecule has 4 heteroatoms. The summed E-state index contributed by atoms with van der Waals surface area (Å²) in [7, 11) is 3.08. The number of esters is 1. The van der Waals surface area contributed by atoms with Crippen LogP contribution in [-0.2, 0) is 9.53 Å². The lowest BCUT2D eigenvalue weighted by molar-refractivity contribution is -0.140. The van der Waals surface area contributed by atoms with Gasteiger partial charge in [-0.15, -0.1) is 17.7 Å². The number of para-hydroxylation sites is 1. The van der Waals surface area contributed by atoms with Crippen molar-refractivity contribution in [2.75, 3.05) is 20.0 Å². The van der Waals surface area contributed by atoms with E-state index in [0.29, 0.717) is 12.2 Å². The standard InChI is InChI=1S/C18H24O3S/c1-4-5-6-7-12-17(22-14-13-18(19)21-3)15-10-8-9-11-16(15)20-2/h8-11,17H,4-6,13-14H2,1-3H3/t17-/m0/s1. The van der Waals surface area contributed by atoms with Crippen LogP contribution in [0, 0.1) is 11.8 Å². The molecule has 0 saturated heterocycles. The lowest BCUT2D eigenvalue weighted by atomic mass is 10.1. The summed E-state index contributed by atoms with van der Waals surface area (Å²) < 4.78 is 10.1. The van der Waals surface area contributed by atoms with E-state index in [1.807, 2.05) is 24.3 Å². The van der Waals surface area contributed by atoms with E-state index in [9.17, 15) is 4.79 Å². The number of thioether (sulfide) groups is 1. The van der Waals surface area contributed by atoms with Gasteiger partial charge >= 0.3 is 5.97 Å². The summed E-state index contributed by atoms with van der Waals surface area (Å²) >= 11 is 1.65. The number of carbonyl (C=O) groups is 1. The van der Waals surface area contributed by atoms with Crippen molar-refractivity contribution in [1.29, 1.82) is 0 Å². The van der Waals surface area contributed by atoms with Gasteiger partial charge in [-0.1, -0.05) is 37.5 Å². The van der Waals surface area contributed by atoms with Gasteiger partial charge in [0.25, 0.3) is 0 Å². The quantitative estimate of drug-likeness (QED) is 0.408. The van der Waals surface area contributed by atoms with Gasteiger partial charge in [0.15, 0.2) is 0 Å². The lowest BCUT2D eigenvalue weighted by Gasteiger charge is -2.14. The van der Waals surface area contributed by atoms with Gasteiger partial charge in [-0.2, -0.15) is 0 Å². The molecule has 0 aliphatic rings. The second-order valence-corrected chi connectivity index (χ2v) is 5.96. The van der Waals surface area contributed by atoms with E-state index in [1.54, 1.807) is 18.9 Å². The molecule has 0 amide bonds. The first-order chi connectivity index (χ1) is 10.7. The predicted octanol–water partition coefficient (Wildman–Crippen LogP) is 4.23. The first kappa shape index (κ1) is 18.4. The summed E-state index contributed by atoms with van der Waals surface area (Å²) in [5, 5.41) is 0.0117. The molecule has 1 atom stereocenters. The molecule has 0 unspecified atom stereocenters. The van der Waals surface area contributed by atoms with Crippen LogP contribution in [0.3, 0.4) is 0 Å². The smallest absolute Gasteiger partial charge is 0.306 e. The highest BCUT2D eigenvalue weighted by Crippen LogP contribution is 2.34. The van der Waals surface area contributed by atoms with E-state index in [1.165, 1.54) is 7.11 Å². The predicted molar refractivity (Wildman–Crippen MR) is 92.1 cm³/mol. The van der Waals surface area contributed by atoms with E-state index in [4.69, 9.17) is 4.74 Å². The lowest BCUT2D eigenvalue weighted by Crippen LogP contribution is -2.03. The van der Waals surface area contributed by atoms with Crippen LogP contribution in [-0.4, -0.2) is 25.9 Å². The molecule has 0 saturated carbocycles. The number of methoxy groups -OCH3 is 2. The fourth-order valence-corrected chi connectivity index (χ4v) is 2.95. The molecule has 1 aromatic carbocycles. The van der Waals surface area contributed by atoms with Gasteiger partial charge in [-0.3, -0.25) is 4.79 Å². The van der Waals surface area contributed by atoms with E-state index in [2.05, 4.69) is 23.5 Å². The molecule has 0 heterocycles. The van der Waals surface area contributed by atoms with Crippen molar-refractivity contribution in [2.45, 2.75) is 37.9 Å². The summed E-state index contributed by atoms with van der Waals surface area (Å²) in [5.41, 5.74) is 1.06. The van der Waals surface area contributed by atoms with E-state index in [-0.39, 0.29) is 11.2 Å². The van der Waals surface area contributed by atoms with Gasteiger partial charge in [0.05, 0.1) is 25.9 Å². The minimum atomic E-state index is -0.190. The normalized spacial score (nSPS) is 11.2. The van der Waals surface area contributed by atoms with Gasteiger partial charge in [0.1, 0.15) is 5.75 Å². The largest absolute Gasteiger partial charge is 0.496 e. The van der Waals surface area contributed by atoms with Crippen molar-refractivity contribution in [3.63, 3.8) is 0 Å².